The van der Waals surface area contributed by atoms with Crippen LogP contribution >= 0.6 is 11.3 Å². The highest BCUT2D eigenvalue weighted by molar-refractivity contribution is 7.25. The Morgan fingerprint density at radius 1 is 0.392 bits per heavy atom. The van der Waals surface area contributed by atoms with Gasteiger partial charge in [-0.25, -0.2) is 0 Å². The minimum atomic E-state index is -0.0315. The van der Waals surface area contributed by atoms with Crippen molar-refractivity contribution in [3.05, 3.63) is 187 Å². The first-order valence-corrected chi connectivity index (χ1v) is 18.5. The van der Waals surface area contributed by atoms with E-state index in [4.69, 9.17) is 0 Å². The molecule has 1 nitrogen and oxygen atoms in total. The molecule has 10 rings (SSSR count). The van der Waals surface area contributed by atoms with Crippen LogP contribution < -0.4 is 4.90 Å². The first-order chi connectivity index (χ1) is 25.0. The zero-order valence-electron chi connectivity index (χ0n) is 28.6. The highest BCUT2D eigenvalue weighted by Crippen LogP contribution is 2.50. The molecule has 242 valence electrons. The minimum Gasteiger partial charge on any atom is -0.310 e. The van der Waals surface area contributed by atoms with Crippen LogP contribution in [0.25, 0.3) is 64.3 Å². The summed E-state index contributed by atoms with van der Waals surface area (Å²) in [6.07, 6.45) is 0. The Morgan fingerprint density at radius 2 is 0.941 bits per heavy atom. The monoisotopic (exact) mass is 669 g/mol. The third kappa shape index (κ3) is 4.90. The molecule has 0 saturated carbocycles. The number of thiophene rings is 1. The van der Waals surface area contributed by atoms with Gasteiger partial charge in [-0.05, 0) is 116 Å². The zero-order chi connectivity index (χ0) is 34.1. The van der Waals surface area contributed by atoms with Gasteiger partial charge in [0.05, 0.1) is 0 Å². The molecule has 0 spiro atoms. The van der Waals surface area contributed by atoms with E-state index in [2.05, 4.69) is 195 Å². The van der Waals surface area contributed by atoms with Gasteiger partial charge >= 0.3 is 0 Å². The third-order valence-corrected chi connectivity index (χ3v) is 12.0. The number of hydrogen-bond acceptors (Lipinski definition) is 2. The van der Waals surface area contributed by atoms with Crippen molar-refractivity contribution in [1.29, 1.82) is 0 Å². The second-order valence-corrected chi connectivity index (χ2v) is 15.3. The summed E-state index contributed by atoms with van der Waals surface area (Å²) >= 11 is 1.88. The summed E-state index contributed by atoms with van der Waals surface area (Å²) in [5, 5.41) is 5.24. The molecule has 0 amide bonds. The molecule has 1 aromatic heterocycles. The molecular formula is C49H35NS. The number of benzene rings is 8. The predicted octanol–water partition coefficient (Wildman–Crippen LogP) is 14.3. The molecule has 0 bridgehead atoms. The Kier molecular flexibility index (Phi) is 6.78. The van der Waals surface area contributed by atoms with E-state index in [9.17, 15) is 0 Å². The molecule has 0 radical (unpaired) electrons. The van der Waals surface area contributed by atoms with Crippen molar-refractivity contribution in [3.63, 3.8) is 0 Å². The van der Waals surface area contributed by atoms with E-state index < -0.39 is 0 Å². The normalized spacial score (nSPS) is 13.1. The number of anilines is 3. The van der Waals surface area contributed by atoms with Gasteiger partial charge in [-0.15, -0.1) is 11.3 Å². The van der Waals surface area contributed by atoms with Gasteiger partial charge in [0.1, 0.15) is 0 Å². The van der Waals surface area contributed by atoms with Crippen LogP contribution in [0.3, 0.4) is 0 Å². The van der Waals surface area contributed by atoms with Crippen LogP contribution in [0.2, 0.25) is 0 Å². The van der Waals surface area contributed by atoms with Crippen molar-refractivity contribution in [3.8, 4) is 33.4 Å². The summed E-state index contributed by atoms with van der Waals surface area (Å²) in [7, 11) is 0. The van der Waals surface area contributed by atoms with Crippen molar-refractivity contribution in [2.45, 2.75) is 19.3 Å². The predicted molar refractivity (Wildman–Crippen MR) is 220 cm³/mol. The molecule has 9 aromatic rings. The first kappa shape index (κ1) is 29.9. The molecule has 0 unspecified atom stereocenters. The summed E-state index contributed by atoms with van der Waals surface area (Å²) in [4.78, 5) is 2.40. The average molecular weight is 670 g/mol. The van der Waals surface area contributed by atoms with Crippen LogP contribution in [0.5, 0.6) is 0 Å². The third-order valence-electron chi connectivity index (χ3n) is 10.9. The quantitative estimate of drug-likeness (QED) is 0.176. The molecule has 0 atom stereocenters. The van der Waals surface area contributed by atoms with E-state index in [0.717, 1.165) is 17.1 Å². The number of hydrogen-bond donors (Lipinski definition) is 0. The van der Waals surface area contributed by atoms with E-state index in [1.165, 1.54) is 75.5 Å². The van der Waals surface area contributed by atoms with Crippen LogP contribution in [0.4, 0.5) is 17.1 Å². The van der Waals surface area contributed by atoms with Crippen LogP contribution in [0, 0.1) is 0 Å². The van der Waals surface area contributed by atoms with E-state index in [0.29, 0.717) is 0 Å². The highest BCUT2D eigenvalue weighted by Gasteiger charge is 2.35. The zero-order valence-corrected chi connectivity index (χ0v) is 29.4. The van der Waals surface area contributed by atoms with E-state index in [1.54, 1.807) is 0 Å². The maximum atomic E-state index is 2.40. The molecule has 0 fully saturated rings. The second-order valence-electron chi connectivity index (χ2n) is 14.2. The van der Waals surface area contributed by atoms with E-state index in [1.807, 2.05) is 11.3 Å². The largest absolute Gasteiger partial charge is 0.310 e. The summed E-state index contributed by atoms with van der Waals surface area (Å²) in [5.41, 5.74) is 13.7. The van der Waals surface area contributed by atoms with Crippen molar-refractivity contribution < 1.29 is 0 Å². The Balaban J connectivity index is 1.07. The lowest BCUT2D eigenvalue weighted by atomic mass is 9.82. The molecular weight excluding hydrogens is 635 g/mol. The van der Waals surface area contributed by atoms with Gasteiger partial charge < -0.3 is 4.90 Å². The summed E-state index contributed by atoms with van der Waals surface area (Å²) in [6, 6.07) is 64.9. The van der Waals surface area contributed by atoms with Gasteiger partial charge in [0.2, 0.25) is 0 Å². The van der Waals surface area contributed by atoms with E-state index >= 15 is 0 Å². The van der Waals surface area contributed by atoms with Crippen LogP contribution in [-0.2, 0) is 5.41 Å². The summed E-state index contributed by atoms with van der Waals surface area (Å²) in [5.74, 6) is 0. The fourth-order valence-corrected chi connectivity index (χ4v) is 9.29. The van der Waals surface area contributed by atoms with Gasteiger partial charge in [0.25, 0.3) is 0 Å². The van der Waals surface area contributed by atoms with Crippen molar-refractivity contribution in [2.75, 3.05) is 4.90 Å². The molecule has 1 heterocycles. The highest BCUT2D eigenvalue weighted by atomic mass is 32.1. The van der Waals surface area contributed by atoms with E-state index in [-0.39, 0.29) is 5.41 Å². The molecule has 51 heavy (non-hydrogen) atoms. The standard InChI is InChI=1S/C49H35NS/c1-49(2)45-15-9-8-14-41(45)42-31-40(25-26-46(42)49)50(38-21-16-33(17-22-38)32-10-4-3-5-11-32)39-23-18-34(19-24-39)37-20-27-47-43(29-37)44-28-35-12-6-7-13-36(35)30-48(44)51-47/h3-31H,1-2H3. The van der Waals surface area contributed by atoms with Crippen LogP contribution in [-0.4, -0.2) is 0 Å². The Morgan fingerprint density at radius 3 is 1.69 bits per heavy atom. The Bertz CT molecular complexity index is 2750. The van der Waals surface area contributed by atoms with Gasteiger partial charge in [-0.1, -0.05) is 129 Å². The molecule has 1 aliphatic rings. The second kappa shape index (κ2) is 11.6. The van der Waals surface area contributed by atoms with Crippen LogP contribution in [0.1, 0.15) is 25.0 Å². The van der Waals surface area contributed by atoms with Gasteiger partial charge in [-0.2, -0.15) is 0 Å². The Hall–Kier alpha value is -5.96. The molecule has 1 aliphatic carbocycles. The van der Waals surface area contributed by atoms with Crippen molar-refractivity contribution in [1.82, 2.24) is 0 Å². The lowest BCUT2D eigenvalue weighted by molar-refractivity contribution is 0.660. The number of nitrogens with zero attached hydrogens (tertiary/aromatic N) is 1. The molecule has 0 N–H and O–H groups in total. The van der Waals surface area contributed by atoms with Gasteiger partial charge in [-0.3, -0.25) is 0 Å². The fourth-order valence-electron chi connectivity index (χ4n) is 8.17. The smallest absolute Gasteiger partial charge is 0.0468 e. The lowest BCUT2D eigenvalue weighted by Gasteiger charge is -2.27. The molecule has 2 heteroatoms. The first-order valence-electron chi connectivity index (χ1n) is 17.7. The number of fused-ring (bicyclic) bond motifs is 7. The maximum Gasteiger partial charge on any atom is 0.0468 e. The SMILES string of the molecule is CC1(C)c2ccccc2-c2cc(N(c3ccc(-c4ccccc4)cc3)c3ccc(-c4ccc5sc6cc7ccccc7cc6c5c4)cc3)ccc21. The lowest BCUT2D eigenvalue weighted by Crippen LogP contribution is -2.15. The maximum absolute atomic E-state index is 2.40. The minimum absolute atomic E-state index is 0.0315. The van der Waals surface area contributed by atoms with Crippen molar-refractivity contribution in [2.24, 2.45) is 0 Å². The van der Waals surface area contributed by atoms with Gasteiger partial charge in [0.15, 0.2) is 0 Å². The topological polar surface area (TPSA) is 3.24 Å². The fraction of sp³-hybridized carbons (Fsp3) is 0.0612. The molecule has 0 aliphatic heterocycles. The van der Waals surface area contributed by atoms with Crippen LogP contribution in [0.15, 0.2) is 176 Å². The Labute approximate surface area is 302 Å². The summed E-state index contributed by atoms with van der Waals surface area (Å²) in [6.45, 7) is 4.68. The summed E-state index contributed by atoms with van der Waals surface area (Å²) < 4.78 is 2.66. The average Bonchev–Trinajstić information content (AvgIpc) is 3.65. The molecule has 0 saturated heterocycles. The van der Waals surface area contributed by atoms with Gasteiger partial charge in [0, 0.05) is 42.6 Å². The molecule has 8 aromatic carbocycles. The number of rotatable bonds is 5. The van der Waals surface area contributed by atoms with Crippen molar-refractivity contribution >= 4 is 59.3 Å².